The average molecular weight is 381 g/mol. The Morgan fingerprint density at radius 3 is 2.56 bits per heavy atom. The summed E-state index contributed by atoms with van der Waals surface area (Å²) >= 11 is 0. The molecule has 0 aromatic rings. The van der Waals surface area contributed by atoms with Crippen LogP contribution in [-0.2, 0) is 14.3 Å². The van der Waals surface area contributed by atoms with Crippen LogP contribution in [0.5, 0.6) is 0 Å². The molecule has 0 spiro atoms. The van der Waals surface area contributed by atoms with Crippen molar-refractivity contribution in [1.82, 2.24) is 0 Å². The number of carbonyl (C=O) groups is 2. The van der Waals surface area contributed by atoms with E-state index in [0.717, 1.165) is 64.2 Å². The summed E-state index contributed by atoms with van der Waals surface area (Å²) in [5.41, 5.74) is 1.02. The highest BCUT2D eigenvalue weighted by Gasteiger charge is 2.30. The van der Waals surface area contributed by atoms with E-state index in [1.165, 1.54) is 12.7 Å². The lowest BCUT2D eigenvalue weighted by molar-refractivity contribution is -0.140. The second-order valence-corrected chi connectivity index (χ2v) is 8.64. The summed E-state index contributed by atoms with van der Waals surface area (Å²) in [7, 11) is 1.42. The van der Waals surface area contributed by atoms with Crippen molar-refractivity contribution in [2.75, 3.05) is 7.11 Å². The summed E-state index contributed by atoms with van der Waals surface area (Å²) in [4.78, 5) is 23.7. The van der Waals surface area contributed by atoms with Crippen LogP contribution in [0.3, 0.4) is 0 Å². The normalized spacial score (nSPS) is 21.6. The molecule has 1 saturated carbocycles. The summed E-state index contributed by atoms with van der Waals surface area (Å²) in [6.45, 7) is 6.26. The number of ketones is 1. The first-order valence-corrected chi connectivity index (χ1v) is 10.8. The highest BCUT2D eigenvalue weighted by atomic mass is 16.5. The fraction of sp³-hybridized carbons (Fsp3) is 0.826. The molecule has 0 unspecified atom stereocenters. The molecule has 1 aliphatic rings. The number of hydrogen-bond donors (Lipinski definition) is 1. The molecule has 0 heterocycles. The van der Waals surface area contributed by atoms with E-state index in [9.17, 15) is 14.7 Å². The number of unbranched alkanes of at least 4 members (excludes halogenated alkanes) is 4. The Bertz CT molecular complexity index is 493. The molecule has 156 valence electrons. The van der Waals surface area contributed by atoms with Crippen molar-refractivity contribution in [2.45, 2.75) is 104 Å². The summed E-state index contributed by atoms with van der Waals surface area (Å²) in [5, 5.41) is 10.3. The highest BCUT2D eigenvalue weighted by molar-refractivity contribution is 5.85. The van der Waals surface area contributed by atoms with Gasteiger partial charge < -0.3 is 9.84 Å². The van der Waals surface area contributed by atoms with E-state index < -0.39 is 0 Å². The molecule has 0 aromatic heterocycles. The van der Waals surface area contributed by atoms with Crippen molar-refractivity contribution in [3.63, 3.8) is 0 Å². The van der Waals surface area contributed by atoms with Crippen molar-refractivity contribution >= 4 is 11.8 Å². The van der Waals surface area contributed by atoms with E-state index in [2.05, 4.69) is 31.6 Å². The van der Waals surface area contributed by atoms with Gasteiger partial charge in [0.05, 0.1) is 13.2 Å². The SMILES string of the molecule is CCCCC(C)(C)C(=O)CC=C1CC[C@H](O)[C@@H]1CCCCCCC(=O)OC. The lowest BCUT2D eigenvalue weighted by atomic mass is 9.81. The van der Waals surface area contributed by atoms with Crippen LogP contribution >= 0.6 is 0 Å². The van der Waals surface area contributed by atoms with Gasteiger partial charge in [-0.2, -0.15) is 0 Å². The number of methoxy groups -OCH3 is 1. The maximum Gasteiger partial charge on any atom is 0.305 e. The van der Waals surface area contributed by atoms with Gasteiger partial charge >= 0.3 is 5.97 Å². The number of ether oxygens (including phenoxy) is 1. The second-order valence-electron chi connectivity index (χ2n) is 8.64. The lowest BCUT2D eigenvalue weighted by Crippen LogP contribution is -2.23. The zero-order valence-corrected chi connectivity index (χ0v) is 17.9. The quantitative estimate of drug-likeness (QED) is 0.265. The van der Waals surface area contributed by atoms with Crippen molar-refractivity contribution in [3.05, 3.63) is 11.6 Å². The van der Waals surface area contributed by atoms with Crippen LogP contribution in [0.15, 0.2) is 11.6 Å². The van der Waals surface area contributed by atoms with Crippen molar-refractivity contribution in [2.24, 2.45) is 11.3 Å². The maximum absolute atomic E-state index is 12.6. The van der Waals surface area contributed by atoms with Crippen LogP contribution in [0.2, 0.25) is 0 Å². The summed E-state index contributed by atoms with van der Waals surface area (Å²) in [5.74, 6) is 0.376. The van der Waals surface area contributed by atoms with Gasteiger partial charge in [-0.3, -0.25) is 9.59 Å². The topological polar surface area (TPSA) is 63.6 Å². The molecule has 1 N–H and O–H groups in total. The Balaban J connectivity index is 2.42. The Morgan fingerprint density at radius 2 is 1.89 bits per heavy atom. The second kappa shape index (κ2) is 12.3. The third kappa shape index (κ3) is 8.59. The van der Waals surface area contributed by atoms with E-state index in [1.54, 1.807) is 0 Å². The third-order valence-electron chi connectivity index (χ3n) is 6.00. The van der Waals surface area contributed by atoms with Crippen LogP contribution in [0.4, 0.5) is 0 Å². The molecule has 1 rings (SSSR count). The van der Waals surface area contributed by atoms with Crippen molar-refractivity contribution in [3.8, 4) is 0 Å². The molecular formula is C23H40O4. The van der Waals surface area contributed by atoms with E-state index in [-0.39, 0.29) is 23.4 Å². The molecule has 0 radical (unpaired) electrons. The molecule has 1 fully saturated rings. The molecular weight excluding hydrogens is 340 g/mol. The molecule has 0 aromatic carbocycles. The molecule has 4 nitrogen and oxygen atoms in total. The fourth-order valence-corrected chi connectivity index (χ4v) is 3.93. The van der Waals surface area contributed by atoms with Gasteiger partial charge in [-0.1, -0.05) is 64.5 Å². The van der Waals surface area contributed by atoms with Gasteiger partial charge in [0.2, 0.25) is 0 Å². The van der Waals surface area contributed by atoms with Crippen LogP contribution in [-0.4, -0.2) is 30.1 Å². The molecule has 1 aliphatic carbocycles. The maximum atomic E-state index is 12.6. The minimum Gasteiger partial charge on any atom is -0.469 e. The first-order chi connectivity index (χ1) is 12.8. The number of esters is 1. The van der Waals surface area contributed by atoms with Gasteiger partial charge in [-0.25, -0.2) is 0 Å². The van der Waals surface area contributed by atoms with Crippen molar-refractivity contribution in [1.29, 1.82) is 0 Å². The van der Waals surface area contributed by atoms with Crippen LogP contribution in [0.1, 0.15) is 97.8 Å². The fourth-order valence-electron chi connectivity index (χ4n) is 3.93. The first-order valence-electron chi connectivity index (χ1n) is 10.8. The molecule has 0 amide bonds. The molecule has 0 saturated heterocycles. The van der Waals surface area contributed by atoms with Gasteiger partial charge in [0.25, 0.3) is 0 Å². The Hall–Kier alpha value is -1.16. The molecule has 27 heavy (non-hydrogen) atoms. The smallest absolute Gasteiger partial charge is 0.305 e. The number of allylic oxidation sites excluding steroid dienone is 1. The molecule has 0 bridgehead atoms. The number of hydrogen-bond acceptors (Lipinski definition) is 4. The predicted molar refractivity (Wildman–Crippen MR) is 109 cm³/mol. The van der Waals surface area contributed by atoms with Gasteiger partial charge in [-0.15, -0.1) is 0 Å². The molecule has 2 atom stereocenters. The van der Waals surface area contributed by atoms with E-state index in [4.69, 9.17) is 0 Å². The predicted octanol–water partition coefficient (Wildman–Crippen LogP) is 5.37. The Labute approximate surface area is 165 Å². The van der Waals surface area contributed by atoms with Gasteiger partial charge in [0.15, 0.2) is 0 Å². The standard InChI is InChI=1S/C23H40O4/c1-5-6-17-23(2,3)21(25)16-14-18-13-15-20(24)19(18)11-9-7-8-10-12-22(26)27-4/h14,19-20,24H,5-13,15-17H2,1-4H3/t19-,20+/m1/s1. The van der Waals surface area contributed by atoms with Crippen LogP contribution in [0.25, 0.3) is 0 Å². The summed E-state index contributed by atoms with van der Waals surface area (Å²) < 4.78 is 4.65. The van der Waals surface area contributed by atoms with Crippen molar-refractivity contribution < 1.29 is 19.4 Å². The number of Topliss-reactive ketones (excluding diaryl/α,β-unsaturated/α-hetero) is 1. The van der Waals surface area contributed by atoms with Gasteiger partial charge in [-0.05, 0) is 32.1 Å². The average Bonchev–Trinajstić information content (AvgIpc) is 3.00. The van der Waals surface area contributed by atoms with Crippen LogP contribution < -0.4 is 0 Å². The minimum atomic E-state index is -0.269. The number of aliphatic hydroxyl groups is 1. The first kappa shape index (κ1) is 23.9. The molecule has 4 heteroatoms. The van der Waals surface area contributed by atoms with Gasteiger partial charge in [0.1, 0.15) is 5.78 Å². The monoisotopic (exact) mass is 380 g/mol. The number of rotatable bonds is 13. The van der Waals surface area contributed by atoms with Gasteiger partial charge in [0, 0.05) is 24.2 Å². The highest BCUT2D eigenvalue weighted by Crippen LogP contribution is 2.36. The summed E-state index contributed by atoms with van der Waals surface area (Å²) in [6, 6.07) is 0. The molecule has 0 aliphatic heterocycles. The van der Waals surface area contributed by atoms with Crippen LogP contribution in [0, 0.1) is 11.3 Å². The number of carbonyl (C=O) groups excluding carboxylic acids is 2. The zero-order valence-electron chi connectivity index (χ0n) is 17.9. The third-order valence-corrected chi connectivity index (χ3v) is 6.00. The Morgan fingerprint density at radius 1 is 1.19 bits per heavy atom. The summed E-state index contributed by atoms with van der Waals surface area (Å²) in [6.07, 6.45) is 12.7. The van der Waals surface area contributed by atoms with E-state index in [0.29, 0.717) is 18.6 Å². The Kier molecular flexibility index (Phi) is 10.9. The van der Waals surface area contributed by atoms with E-state index in [1.807, 2.05) is 0 Å². The van der Waals surface area contributed by atoms with E-state index >= 15 is 0 Å². The minimum absolute atomic E-state index is 0.141. The zero-order chi connectivity index (χ0) is 20.3. The number of aliphatic hydroxyl groups excluding tert-OH is 1. The largest absolute Gasteiger partial charge is 0.469 e. The lowest BCUT2D eigenvalue weighted by Gasteiger charge is -2.22.